The topological polar surface area (TPSA) is 117 Å². The number of hydrogen-bond acceptors (Lipinski definition) is 5. The first-order chi connectivity index (χ1) is 9.71. The molecule has 1 aliphatic heterocycles. The Morgan fingerprint density at radius 1 is 1.43 bits per heavy atom. The largest absolute Gasteiger partial charge is 0.394 e. The minimum Gasteiger partial charge on any atom is -0.394 e. The van der Waals surface area contributed by atoms with E-state index in [1.165, 1.54) is 10.8 Å². The van der Waals surface area contributed by atoms with E-state index in [2.05, 4.69) is 0 Å². The summed E-state index contributed by atoms with van der Waals surface area (Å²) in [5.74, 6) is -0.599. The Labute approximate surface area is 121 Å². The molecule has 1 unspecified atom stereocenters. The highest BCUT2D eigenvalue weighted by Gasteiger charge is 2.95. The van der Waals surface area contributed by atoms with Gasteiger partial charge in [0.05, 0.1) is 6.61 Å². The maximum absolute atomic E-state index is 11.3. The Kier molecular flexibility index (Phi) is 2.75. The van der Waals surface area contributed by atoms with Crippen LogP contribution in [0.25, 0.3) is 0 Å². The van der Waals surface area contributed by atoms with Gasteiger partial charge >= 0.3 is 0 Å². The van der Waals surface area contributed by atoms with Crippen molar-refractivity contribution in [1.82, 2.24) is 0 Å². The Morgan fingerprint density at radius 2 is 2.10 bits per heavy atom. The third-order valence-corrected chi connectivity index (χ3v) is 5.08. The second-order valence-corrected chi connectivity index (χ2v) is 6.22. The highest BCUT2D eigenvalue weighted by molar-refractivity contribution is 5.92. The van der Waals surface area contributed by atoms with Crippen molar-refractivity contribution in [3.8, 4) is 0 Å². The molecule has 0 radical (unpaired) electrons. The molecule has 1 aromatic heterocycles. The molecule has 2 fully saturated rings. The molecule has 3 rings (SSSR count). The maximum atomic E-state index is 11.3. The first-order valence-corrected chi connectivity index (χ1v) is 6.73. The van der Waals surface area contributed by atoms with E-state index in [-0.39, 0.29) is 5.56 Å². The van der Waals surface area contributed by atoms with Gasteiger partial charge in [-0.15, -0.1) is 0 Å². The average Bonchev–Trinajstić information content (AvgIpc) is 2.68. The van der Waals surface area contributed by atoms with E-state index < -0.39 is 41.5 Å². The van der Waals surface area contributed by atoms with Crippen LogP contribution >= 0.6 is 0 Å². The lowest BCUT2D eigenvalue weighted by atomic mass is 10.0. The van der Waals surface area contributed by atoms with Crippen LogP contribution in [0, 0.1) is 5.41 Å². The summed E-state index contributed by atoms with van der Waals surface area (Å²) >= 11 is 0. The van der Waals surface area contributed by atoms with Gasteiger partial charge < -0.3 is 25.8 Å². The quantitative estimate of drug-likeness (QED) is 0.505. The molecule has 2 aliphatic rings. The fraction of sp³-hybridized carbons (Fsp3) is 0.571. The second-order valence-electron chi connectivity index (χ2n) is 6.22. The monoisotopic (exact) mass is 295 g/mol. The van der Waals surface area contributed by atoms with Crippen LogP contribution in [0.1, 0.15) is 30.4 Å². The first kappa shape index (κ1) is 14.4. The number of nitrogens with two attached hydrogens (primary N) is 1. The van der Waals surface area contributed by atoms with Crippen molar-refractivity contribution in [3.63, 3.8) is 0 Å². The maximum Gasteiger partial charge on any atom is 0.295 e. The molecule has 114 valence electrons. The number of aliphatic hydroxyl groups is 3. The highest BCUT2D eigenvalue weighted by Crippen LogP contribution is 2.74. The molecule has 7 nitrogen and oxygen atoms in total. The first-order valence-electron chi connectivity index (χ1n) is 6.73. The van der Waals surface area contributed by atoms with Gasteiger partial charge in [0, 0.05) is 11.5 Å². The number of hydrogen-bond donors (Lipinski definition) is 4. The van der Waals surface area contributed by atoms with Gasteiger partial charge in [0.1, 0.15) is 17.3 Å². The van der Waals surface area contributed by atoms with Crippen LogP contribution < -0.4 is 10.3 Å². The number of ether oxygens (including phenoxy) is 1. The molecular weight excluding hydrogens is 276 g/mol. The number of rotatable bonds is 3. The van der Waals surface area contributed by atoms with E-state index in [1.807, 2.05) is 0 Å². The SMILES string of the molecule is CC1(C)[C@]2(O)C([n+]3cccc(C(N)=O)c3)O[C@H](CO)[C@]12O. The van der Waals surface area contributed by atoms with Crippen molar-refractivity contribution >= 4 is 5.91 Å². The van der Waals surface area contributed by atoms with Gasteiger partial charge in [-0.25, -0.2) is 0 Å². The third kappa shape index (κ3) is 1.41. The van der Waals surface area contributed by atoms with Gasteiger partial charge in [-0.05, 0) is 6.07 Å². The van der Waals surface area contributed by atoms with Gasteiger partial charge in [0.15, 0.2) is 18.0 Å². The van der Waals surface area contributed by atoms with E-state index in [0.29, 0.717) is 0 Å². The van der Waals surface area contributed by atoms with Gasteiger partial charge in [-0.1, -0.05) is 13.8 Å². The lowest BCUT2D eigenvalue weighted by Crippen LogP contribution is -2.49. The fourth-order valence-corrected chi connectivity index (χ4v) is 3.64. The number of aromatic nitrogens is 1. The van der Waals surface area contributed by atoms with Crippen LogP contribution in [-0.2, 0) is 4.74 Å². The zero-order chi connectivity index (χ0) is 15.6. The lowest BCUT2D eigenvalue weighted by Gasteiger charge is -2.22. The zero-order valence-corrected chi connectivity index (χ0v) is 11.9. The molecule has 1 amide bonds. The van der Waals surface area contributed by atoms with Crippen LogP contribution in [0.15, 0.2) is 24.5 Å². The molecule has 7 heteroatoms. The van der Waals surface area contributed by atoms with Crippen molar-refractivity contribution in [2.45, 2.75) is 37.4 Å². The summed E-state index contributed by atoms with van der Waals surface area (Å²) in [6, 6.07) is 3.15. The van der Waals surface area contributed by atoms with Crippen molar-refractivity contribution in [2.24, 2.45) is 11.1 Å². The van der Waals surface area contributed by atoms with E-state index in [1.54, 1.807) is 32.2 Å². The number of aliphatic hydroxyl groups excluding tert-OH is 1. The number of fused-ring (bicyclic) bond motifs is 1. The van der Waals surface area contributed by atoms with Crippen molar-refractivity contribution in [2.75, 3.05) is 6.61 Å². The predicted molar refractivity (Wildman–Crippen MR) is 69.8 cm³/mol. The molecule has 5 N–H and O–H groups in total. The van der Waals surface area contributed by atoms with Crippen molar-refractivity contribution in [3.05, 3.63) is 30.1 Å². The van der Waals surface area contributed by atoms with Crippen LogP contribution in [0.5, 0.6) is 0 Å². The zero-order valence-electron chi connectivity index (χ0n) is 11.9. The Hall–Kier alpha value is -1.54. The molecule has 0 spiro atoms. The van der Waals surface area contributed by atoms with E-state index >= 15 is 0 Å². The lowest BCUT2D eigenvalue weighted by molar-refractivity contribution is -0.771. The summed E-state index contributed by atoms with van der Waals surface area (Å²) in [4.78, 5) is 11.3. The molecule has 1 aromatic rings. The summed E-state index contributed by atoms with van der Waals surface area (Å²) in [6.45, 7) is 3.02. The van der Waals surface area contributed by atoms with Crippen LogP contribution in [0.4, 0.5) is 0 Å². The molecule has 1 saturated heterocycles. The third-order valence-electron chi connectivity index (χ3n) is 5.08. The van der Waals surface area contributed by atoms with Crippen LogP contribution in [-0.4, -0.2) is 45.1 Å². The Bertz CT molecular complexity index is 619. The molecule has 21 heavy (non-hydrogen) atoms. The summed E-state index contributed by atoms with van der Waals surface area (Å²) < 4.78 is 7.09. The molecule has 0 bridgehead atoms. The molecule has 4 atom stereocenters. The van der Waals surface area contributed by atoms with Gasteiger partial charge in [-0.2, -0.15) is 4.57 Å². The Morgan fingerprint density at radius 3 is 2.62 bits per heavy atom. The Balaban J connectivity index is 2.05. The van der Waals surface area contributed by atoms with Crippen molar-refractivity contribution < 1.29 is 29.4 Å². The summed E-state index contributed by atoms with van der Waals surface area (Å²) in [7, 11) is 0. The summed E-state index contributed by atoms with van der Waals surface area (Å²) in [5, 5.41) is 31.0. The van der Waals surface area contributed by atoms with Crippen LogP contribution in [0.3, 0.4) is 0 Å². The minimum atomic E-state index is -1.55. The number of carbonyl (C=O) groups is 1. The highest BCUT2D eigenvalue weighted by atomic mass is 16.6. The van der Waals surface area contributed by atoms with E-state index in [0.717, 1.165) is 0 Å². The molecule has 1 aliphatic carbocycles. The number of pyridine rings is 1. The number of nitrogens with zero attached hydrogens (tertiary/aromatic N) is 1. The average molecular weight is 295 g/mol. The van der Waals surface area contributed by atoms with Gasteiger partial charge in [-0.3, -0.25) is 4.79 Å². The van der Waals surface area contributed by atoms with Gasteiger partial charge in [0.25, 0.3) is 12.1 Å². The smallest absolute Gasteiger partial charge is 0.295 e. The fourth-order valence-electron chi connectivity index (χ4n) is 3.64. The van der Waals surface area contributed by atoms with Gasteiger partial charge in [0.2, 0.25) is 0 Å². The summed E-state index contributed by atoms with van der Waals surface area (Å²) in [5.41, 5.74) is 1.59. The van der Waals surface area contributed by atoms with E-state index in [4.69, 9.17) is 10.5 Å². The molecule has 1 saturated carbocycles. The van der Waals surface area contributed by atoms with Crippen LogP contribution in [0.2, 0.25) is 0 Å². The standard InChI is InChI=1S/C14H18N2O5/c1-12(2)13(19)9(7-17)21-11(14(12,13)20)16-5-3-4-8(6-16)10(15)18/h3-6,9,11,17,19-20H,7H2,1-2H3,(H-,15,18)/p+1/t9-,11?,13+,14-/m1/s1. The van der Waals surface area contributed by atoms with E-state index in [9.17, 15) is 20.1 Å². The molecular formula is C14H19N2O5+. The molecule has 0 aromatic carbocycles. The van der Waals surface area contributed by atoms with Crippen molar-refractivity contribution in [1.29, 1.82) is 0 Å². The predicted octanol–water partition coefficient (Wildman–Crippen LogP) is -1.54. The number of carbonyl (C=O) groups excluding carboxylic acids is 1. The normalized spacial score (nSPS) is 39.9. The summed E-state index contributed by atoms with van der Waals surface area (Å²) in [6.07, 6.45) is 1.27. The molecule has 2 heterocycles. The number of amides is 1. The minimum absolute atomic E-state index is 0.263. The second kappa shape index (κ2) is 4.01. The number of primary amides is 1.